The second kappa shape index (κ2) is 13.2. The van der Waals surface area contributed by atoms with E-state index in [2.05, 4.69) is 5.32 Å². The lowest BCUT2D eigenvalue weighted by molar-refractivity contribution is -0.139. The van der Waals surface area contributed by atoms with Gasteiger partial charge in [-0.3, -0.25) is 13.9 Å². The van der Waals surface area contributed by atoms with Gasteiger partial charge in [0, 0.05) is 13.1 Å². The molecule has 0 aliphatic carbocycles. The summed E-state index contributed by atoms with van der Waals surface area (Å²) >= 11 is 0. The van der Waals surface area contributed by atoms with Gasteiger partial charge in [0.05, 0.1) is 10.6 Å². The summed E-state index contributed by atoms with van der Waals surface area (Å²) in [7, 11) is -4.07. The van der Waals surface area contributed by atoms with E-state index < -0.39 is 28.5 Å². The number of amides is 2. The van der Waals surface area contributed by atoms with Crippen LogP contribution in [0.2, 0.25) is 0 Å². The van der Waals surface area contributed by atoms with Crippen molar-refractivity contribution in [3.05, 3.63) is 95.6 Å². The topological polar surface area (TPSA) is 86.8 Å². The maximum Gasteiger partial charge on any atom is 0.264 e. The fourth-order valence-electron chi connectivity index (χ4n) is 4.05. The summed E-state index contributed by atoms with van der Waals surface area (Å²) in [6.07, 6.45) is 1.77. The number of benzene rings is 3. The van der Waals surface area contributed by atoms with Crippen LogP contribution in [0, 0.1) is 13.8 Å². The van der Waals surface area contributed by atoms with Gasteiger partial charge in [-0.2, -0.15) is 0 Å². The van der Waals surface area contributed by atoms with E-state index in [-0.39, 0.29) is 17.3 Å². The van der Waals surface area contributed by atoms with E-state index in [9.17, 15) is 18.0 Å². The number of unbranched alkanes of at least 4 members (excludes halogenated alkanes) is 1. The van der Waals surface area contributed by atoms with Gasteiger partial charge in [0.25, 0.3) is 10.0 Å². The van der Waals surface area contributed by atoms with Crippen molar-refractivity contribution < 1.29 is 18.0 Å². The lowest BCUT2D eigenvalue weighted by Crippen LogP contribution is -2.51. The zero-order chi connectivity index (χ0) is 27.7. The molecule has 1 N–H and O–H groups in total. The average Bonchev–Trinajstić information content (AvgIpc) is 2.90. The number of carbonyl (C=O) groups is 2. The van der Waals surface area contributed by atoms with Gasteiger partial charge in [0.2, 0.25) is 11.8 Å². The van der Waals surface area contributed by atoms with Gasteiger partial charge < -0.3 is 10.2 Å². The van der Waals surface area contributed by atoms with Crippen LogP contribution >= 0.6 is 0 Å². The van der Waals surface area contributed by atoms with E-state index in [1.165, 1.54) is 4.90 Å². The van der Waals surface area contributed by atoms with E-state index in [1.54, 1.807) is 49.4 Å². The molecule has 8 heteroatoms. The van der Waals surface area contributed by atoms with Gasteiger partial charge >= 0.3 is 0 Å². The quantitative estimate of drug-likeness (QED) is 0.337. The summed E-state index contributed by atoms with van der Waals surface area (Å²) in [6.45, 7) is 7.71. The highest BCUT2D eigenvalue weighted by Crippen LogP contribution is 2.25. The number of carbonyl (C=O) groups excluding carboxylic acids is 2. The minimum Gasteiger partial charge on any atom is -0.354 e. The fraction of sp³-hybridized carbons (Fsp3) is 0.333. The Bertz CT molecular complexity index is 1330. The van der Waals surface area contributed by atoms with Crippen LogP contribution < -0.4 is 9.62 Å². The molecule has 0 unspecified atom stereocenters. The number of aryl methyl sites for hydroxylation is 2. The number of hydrogen-bond donors (Lipinski definition) is 1. The summed E-state index contributed by atoms with van der Waals surface area (Å²) in [5.74, 6) is -0.740. The van der Waals surface area contributed by atoms with Crippen LogP contribution in [0.4, 0.5) is 5.69 Å². The van der Waals surface area contributed by atoms with Gasteiger partial charge in [-0.15, -0.1) is 0 Å². The van der Waals surface area contributed by atoms with Crippen molar-refractivity contribution in [1.82, 2.24) is 10.2 Å². The van der Waals surface area contributed by atoms with Crippen LogP contribution in [0.3, 0.4) is 0 Å². The molecule has 0 aromatic heterocycles. The van der Waals surface area contributed by atoms with Gasteiger partial charge in [-0.25, -0.2) is 8.42 Å². The van der Waals surface area contributed by atoms with Crippen LogP contribution in [-0.4, -0.2) is 44.3 Å². The fourth-order valence-corrected chi connectivity index (χ4v) is 5.45. The molecule has 0 aliphatic rings. The van der Waals surface area contributed by atoms with Crippen LogP contribution in [0.25, 0.3) is 0 Å². The first kappa shape index (κ1) is 28.9. The molecule has 3 rings (SSSR count). The smallest absolute Gasteiger partial charge is 0.264 e. The molecule has 0 radical (unpaired) electrons. The first-order valence-electron chi connectivity index (χ1n) is 12.9. The van der Waals surface area contributed by atoms with Gasteiger partial charge in [-0.1, -0.05) is 73.5 Å². The highest BCUT2D eigenvalue weighted by atomic mass is 32.2. The lowest BCUT2D eigenvalue weighted by Gasteiger charge is -2.32. The molecule has 0 saturated carbocycles. The molecule has 0 spiro atoms. The second-order valence-electron chi connectivity index (χ2n) is 9.49. The largest absolute Gasteiger partial charge is 0.354 e. The third-order valence-corrected chi connectivity index (χ3v) is 8.16. The molecule has 0 fully saturated rings. The summed E-state index contributed by atoms with van der Waals surface area (Å²) in [6, 6.07) is 22.2. The number of hydrogen-bond acceptors (Lipinski definition) is 4. The zero-order valence-electron chi connectivity index (χ0n) is 22.6. The first-order chi connectivity index (χ1) is 18.1. The second-order valence-corrected chi connectivity index (χ2v) is 11.4. The highest BCUT2D eigenvalue weighted by Gasteiger charge is 2.32. The van der Waals surface area contributed by atoms with Crippen molar-refractivity contribution in [1.29, 1.82) is 0 Å². The molecule has 202 valence electrons. The Morgan fingerprint density at radius 2 is 1.58 bits per heavy atom. The van der Waals surface area contributed by atoms with Crippen LogP contribution in [0.5, 0.6) is 0 Å². The average molecular weight is 536 g/mol. The Labute approximate surface area is 226 Å². The number of nitrogens with zero attached hydrogens (tertiary/aromatic N) is 2. The molecule has 7 nitrogen and oxygen atoms in total. The van der Waals surface area contributed by atoms with Crippen molar-refractivity contribution in [2.45, 2.75) is 58.0 Å². The van der Waals surface area contributed by atoms with Crippen LogP contribution in [0.15, 0.2) is 83.8 Å². The van der Waals surface area contributed by atoms with Crippen molar-refractivity contribution in [2.75, 3.05) is 17.4 Å². The molecule has 3 aromatic rings. The van der Waals surface area contributed by atoms with E-state index in [1.807, 2.05) is 57.2 Å². The molecule has 0 saturated heterocycles. The number of nitrogens with one attached hydrogen (secondary N) is 1. The van der Waals surface area contributed by atoms with Gasteiger partial charge in [-0.05, 0) is 62.6 Å². The van der Waals surface area contributed by atoms with Crippen molar-refractivity contribution in [2.24, 2.45) is 0 Å². The molecular weight excluding hydrogens is 498 g/mol. The molecule has 0 heterocycles. The SMILES string of the molecule is CCCCNC(=O)[C@@H](C)N(Cc1ccccc1)C(=O)CN(c1cccc(C)c1)S(=O)(=O)c1ccc(C)cc1. The third-order valence-electron chi connectivity index (χ3n) is 6.37. The van der Waals surface area contributed by atoms with Crippen LogP contribution in [-0.2, 0) is 26.2 Å². The van der Waals surface area contributed by atoms with Gasteiger partial charge in [0.1, 0.15) is 12.6 Å². The molecule has 3 aromatic carbocycles. The van der Waals surface area contributed by atoms with Crippen molar-refractivity contribution in [3.8, 4) is 0 Å². The maximum absolute atomic E-state index is 13.9. The zero-order valence-corrected chi connectivity index (χ0v) is 23.4. The Morgan fingerprint density at radius 3 is 2.21 bits per heavy atom. The Balaban J connectivity index is 1.98. The van der Waals surface area contributed by atoms with E-state index in [0.29, 0.717) is 12.2 Å². The van der Waals surface area contributed by atoms with E-state index in [4.69, 9.17) is 0 Å². The minimum absolute atomic E-state index is 0.0948. The van der Waals surface area contributed by atoms with E-state index in [0.717, 1.165) is 33.8 Å². The predicted molar refractivity (Wildman–Crippen MR) is 151 cm³/mol. The summed E-state index contributed by atoms with van der Waals surface area (Å²) in [5.41, 5.74) is 3.03. The molecule has 38 heavy (non-hydrogen) atoms. The normalized spacial score (nSPS) is 12.0. The first-order valence-corrected chi connectivity index (χ1v) is 14.3. The highest BCUT2D eigenvalue weighted by molar-refractivity contribution is 7.92. The van der Waals surface area contributed by atoms with E-state index >= 15 is 0 Å². The summed E-state index contributed by atoms with van der Waals surface area (Å²) in [5, 5.41) is 2.89. The Kier molecular flexibility index (Phi) is 10.1. The monoisotopic (exact) mass is 535 g/mol. The molecule has 0 bridgehead atoms. The number of anilines is 1. The predicted octanol–water partition coefficient (Wildman–Crippen LogP) is 4.83. The summed E-state index contributed by atoms with van der Waals surface area (Å²) < 4.78 is 28.8. The Hall–Kier alpha value is -3.65. The molecule has 1 atom stereocenters. The third kappa shape index (κ3) is 7.44. The summed E-state index contributed by atoms with van der Waals surface area (Å²) in [4.78, 5) is 28.4. The molecule has 2 amide bonds. The lowest BCUT2D eigenvalue weighted by atomic mass is 10.1. The number of rotatable bonds is 12. The van der Waals surface area contributed by atoms with Gasteiger partial charge in [0.15, 0.2) is 0 Å². The molecule has 0 aliphatic heterocycles. The minimum atomic E-state index is -4.07. The maximum atomic E-state index is 13.9. The standard InChI is InChI=1S/C30H37N3O4S/c1-5-6-19-31-30(35)25(4)32(21-26-12-8-7-9-13-26)29(34)22-33(27-14-10-11-24(3)20-27)38(36,37)28-17-15-23(2)16-18-28/h7-18,20,25H,5-6,19,21-22H2,1-4H3,(H,31,35)/t25-/m1/s1. The van der Waals surface area contributed by atoms with Crippen molar-refractivity contribution in [3.63, 3.8) is 0 Å². The van der Waals surface area contributed by atoms with Crippen molar-refractivity contribution >= 4 is 27.5 Å². The van der Waals surface area contributed by atoms with Crippen LogP contribution in [0.1, 0.15) is 43.4 Å². The Morgan fingerprint density at radius 1 is 0.895 bits per heavy atom. The number of sulfonamides is 1. The molecular formula is C30H37N3O4S.